The molecule has 2 atom stereocenters. The van der Waals surface area contributed by atoms with Crippen LogP contribution in [0.4, 0.5) is 20.6 Å². The maximum absolute atomic E-state index is 13.6. The first-order valence-electron chi connectivity index (χ1n) is 12.6. The average molecular weight is 545 g/mol. The summed E-state index contributed by atoms with van der Waals surface area (Å²) in [7, 11) is 0. The minimum absolute atomic E-state index is 0.0663. The Balaban J connectivity index is 1.69. The van der Waals surface area contributed by atoms with Crippen LogP contribution in [-0.2, 0) is 19.8 Å². The second-order valence-electron chi connectivity index (χ2n) is 11.5. The molecular weight excluding hydrogens is 507 g/mol. The van der Waals surface area contributed by atoms with Gasteiger partial charge < -0.3 is 30.0 Å². The normalized spacial score (nSPS) is 17.4. The molecule has 3 N–H and O–H groups in total. The van der Waals surface area contributed by atoms with Crippen molar-refractivity contribution in [1.82, 2.24) is 4.90 Å². The highest BCUT2D eigenvalue weighted by atomic mass is 19.1. The number of nitrogen functional groups attached to an aromatic ring is 1. The summed E-state index contributed by atoms with van der Waals surface area (Å²) >= 11 is 0. The van der Waals surface area contributed by atoms with E-state index in [1.807, 2.05) is 0 Å². The van der Waals surface area contributed by atoms with Crippen LogP contribution in [0.15, 0.2) is 46.6 Å². The topological polar surface area (TPSA) is 136 Å². The number of nitrogens with zero attached hydrogens (tertiary/aromatic N) is 3. The number of benzene rings is 2. The maximum Gasteiger partial charge on any atom is 0.410 e. The summed E-state index contributed by atoms with van der Waals surface area (Å²) in [4.78, 5) is 26.9. The van der Waals surface area contributed by atoms with Gasteiger partial charge in [0.05, 0.1) is 30.6 Å². The standard InChI is InChI=1S/C28H37FN4O6/c1-26(2,3)38-24(35)28(7)19-10-9-18(15-22(19)31-32-28)37-13-12-33(25(36)39-27(4,5)6)16-23(34)17-8-11-20(29)21(30)14-17/h8-11,14-15,23,34H,12-13,16,30H2,1-7H3. The van der Waals surface area contributed by atoms with E-state index in [4.69, 9.17) is 19.9 Å². The van der Waals surface area contributed by atoms with Crippen LogP contribution in [0.25, 0.3) is 0 Å². The molecule has 10 nitrogen and oxygen atoms in total. The number of aliphatic hydroxyl groups is 1. The predicted molar refractivity (Wildman–Crippen MR) is 143 cm³/mol. The van der Waals surface area contributed by atoms with Crippen LogP contribution in [0.2, 0.25) is 0 Å². The lowest BCUT2D eigenvalue weighted by molar-refractivity contribution is -0.161. The number of hydrogen-bond donors (Lipinski definition) is 2. The van der Waals surface area contributed by atoms with Crippen molar-refractivity contribution >= 4 is 23.4 Å². The van der Waals surface area contributed by atoms with Crippen LogP contribution < -0.4 is 10.5 Å². The first-order chi connectivity index (χ1) is 18.0. The smallest absolute Gasteiger partial charge is 0.410 e. The van der Waals surface area contributed by atoms with Crippen LogP contribution >= 0.6 is 0 Å². The van der Waals surface area contributed by atoms with Crippen LogP contribution in [-0.4, -0.2) is 53.0 Å². The van der Waals surface area contributed by atoms with Crippen molar-refractivity contribution in [2.75, 3.05) is 25.4 Å². The van der Waals surface area contributed by atoms with Gasteiger partial charge in [0.25, 0.3) is 0 Å². The van der Waals surface area contributed by atoms with Gasteiger partial charge in [-0.3, -0.25) is 0 Å². The van der Waals surface area contributed by atoms with Gasteiger partial charge in [-0.05, 0) is 72.2 Å². The monoisotopic (exact) mass is 544 g/mol. The first-order valence-corrected chi connectivity index (χ1v) is 12.6. The number of nitrogens with two attached hydrogens (primary N) is 1. The van der Waals surface area contributed by atoms with E-state index in [0.29, 0.717) is 22.6 Å². The Labute approximate surface area is 227 Å². The number of halogens is 1. The summed E-state index contributed by atoms with van der Waals surface area (Å²) in [6.45, 7) is 12.2. The molecule has 0 saturated heterocycles. The number of amides is 1. The number of rotatable bonds is 8. The van der Waals surface area contributed by atoms with Crippen LogP contribution in [0.3, 0.4) is 0 Å². The molecule has 0 bridgehead atoms. The number of azo groups is 1. The summed E-state index contributed by atoms with van der Waals surface area (Å²) in [5.41, 5.74) is 4.28. The molecular formula is C28H37FN4O6. The van der Waals surface area contributed by atoms with Crippen molar-refractivity contribution in [3.63, 3.8) is 0 Å². The number of ether oxygens (including phenoxy) is 3. The fraction of sp³-hybridized carbons (Fsp3) is 0.500. The highest BCUT2D eigenvalue weighted by Gasteiger charge is 2.44. The Bertz CT molecular complexity index is 1250. The average Bonchev–Trinajstić information content (AvgIpc) is 3.15. The SMILES string of the molecule is CC(C)(C)OC(=O)N(CCOc1ccc2c(c1)N=NC2(C)C(=O)OC(C)(C)C)CC(O)c1ccc(F)c(N)c1. The van der Waals surface area contributed by atoms with Crippen LogP contribution in [0, 0.1) is 5.82 Å². The van der Waals surface area contributed by atoms with E-state index in [1.54, 1.807) is 66.7 Å². The lowest BCUT2D eigenvalue weighted by atomic mass is 9.92. The van der Waals surface area contributed by atoms with Gasteiger partial charge in [-0.2, -0.15) is 10.2 Å². The van der Waals surface area contributed by atoms with Gasteiger partial charge in [-0.25, -0.2) is 14.0 Å². The van der Waals surface area contributed by atoms with Crippen molar-refractivity contribution in [2.24, 2.45) is 10.2 Å². The Morgan fingerprint density at radius 1 is 1.08 bits per heavy atom. The summed E-state index contributed by atoms with van der Waals surface area (Å²) < 4.78 is 30.4. The largest absolute Gasteiger partial charge is 0.492 e. The van der Waals surface area contributed by atoms with E-state index in [-0.39, 0.29) is 25.4 Å². The van der Waals surface area contributed by atoms with Gasteiger partial charge in [0.2, 0.25) is 5.54 Å². The van der Waals surface area contributed by atoms with Gasteiger partial charge in [0.1, 0.15) is 29.4 Å². The molecule has 2 aromatic carbocycles. The molecule has 0 aliphatic carbocycles. The third kappa shape index (κ3) is 7.66. The molecule has 0 spiro atoms. The molecule has 0 radical (unpaired) electrons. The summed E-state index contributed by atoms with van der Waals surface area (Å²) in [6, 6.07) is 8.95. The zero-order valence-corrected chi connectivity index (χ0v) is 23.4. The van der Waals surface area contributed by atoms with Crippen molar-refractivity contribution in [3.8, 4) is 5.75 Å². The van der Waals surface area contributed by atoms with Crippen molar-refractivity contribution in [3.05, 3.63) is 53.3 Å². The number of carbonyl (C=O) groups is 2. The third-order valence-electron chi connectivity index (χ3n) is 5.73. The molecule has 1 aliphatic heterocycles. The molecule has 1 heterocycles. The molecule has 212 valence electrons. The van der Waals surface area contributed by atoms with Gasteiger partial charge >= 0.3 is 12.1 Å². The third-order valence-corrected chi connectivity index (χ3v) is 5.73. The molecule has 11 heteroatoms. The number of anilines is 1. The minimum Gasteiger partial charge on any atom is -0.492 e. The molecule has 39 heavy (non-hydrogen) atoms. The van der Waals surface area contributed by atoms with E-state index < -0.39 is 40.7 Å². The van der Waals surface area contributed by atoms with Crippen molar-refractivity contribution in [1.29, 1.82) is 0 Å². The quantitative estimate of drug-likeness (QED) is 0.335. The summed E-state index contributed by atoms with van der Waals surface area (Å²) in [6.07, 6.45) is -1.78. The molecule has 0 saturated carbocycles. The Hall–Kier alpha value is -3.73. The fourth-order valence-corrected chi connectivity index (χ4v) is 3.77. The number of hydrogen-bond acceptors (Lipinski definition) is 9. The van der Waals surface area contributed by atoms with E-state index >= 15 is 0 Å². The minimum atomic E-state index is -1.26. The Morgan fingerprint density at radius 2 is 1.74 bits per heavy atom. The van der Waals surface area contributed by atoms with Crippen LogP contribution in [0.5, 0.6) is 5.75 Å². The van der Waals surface area contributed by atoms with Gasteiger partial charge in [0.15, 0.2) is 0 Å². The molecule has 1 amide bonds. The van der Waals surface area contributed by atoms with Crippen molar-refractivity contribution in [2.45, 2.75) is 71.3 Å². The Kier molecular flexibility index (Phi) is 8.54. The summed E-state index contributed by atoms with van der Waals surface area (Å²) in [5, 5.41) is 19.0. The Morgan fingerprint density at radius 3 is 2.36 bits per heavy atom. The number of aliphatic hydroxyl groups excluding tert-OH is 1. The molecule has 2 aromatic rings. The van der Waals surface area contributed by atoms with Gasteiger partial charge in [-0.15, -0.1) is 0 Å². The number of carbonyl (C=O) groups excluding carboxylic acids is 2. The predicted octanol–water partition coefficient (Wildman–Crippen LogP) is 5.41. The highest BCUT2D eigenvalue weighted by Crippen LogP contribution is 2.43. The lowest BCUT2D eigenvalue weighted by Crippen LogP contribution is -2.41. The van der Waals surface area contributed by atoms with Gasteiger partial charge in [-0.1, -0.05) is 12.1 Å². The van der Waals surface area contributed by atoms with E-state index in [9.17, 15) is 19.1 Å². The van der Waals surface area contributed by atoms with Crippen molar-refractivity contribution < 1.29 is 33.3 Å². The molecule has 0 aromatic heterocycles. The zero-order chi connectivity index (χ0) is 29.2. The van der Waals surface area contributed by atoms with E-state index in [2.05, 4.69) is 10.2 Å². The van der Waals surface area contributed by atoms with E-state index in [1.165, 1.54) is 17.0 Å². The molecule has 1 aliphatic rings. The second-order valence-corrected chi connectivity index (χ2v) is 11.5. The highest BCUT2D eigenvalue weighted by molar-refractivity contribution is 5.86. The number of esters is 1. The number of fused-ring (bicyclic) bond motifs is 1. The fourth-order valence-electron chi connectivity index (χ4n) is 3.77. The second kappa shape index (κ2) is 11.2. The summed E-state index contributed by atoms with van der Waals surface area (Å²) in [5.74, 6) is -0.638. The van der Waals surface area contributed by atoms with Crippen LogP contribution in [0.1, 0.15) is 65.7 Å². The molecule has 0 fully saturated rings. The molecule has 3 rings (SSSR count). The lowest BCUT2D eigenvalue weighted by Gasteiger charge is -2.29. The van der Waals surface area contributed by atoms with Gasteiger partial charge in [0, 0.05) is 11.6 Å². The molecule has 2 unspecified atom stereocenters. The maximum atomic E-state index is 13.6. The zero-order valence-electron chi connectivity index (χ0n) is 23.4. The first kappa shape index (κ1) is 29.8. The van der Waals surface area contributed by atoms with E-state index in [0.717, 1.165) is 6.07 Å².